The van der Waals surface area contributed by atoms with E-state index in [0.717, 1.165) is 31.5 Å². The van der Waals surface area contributed by atoms with Crippen LogP contribution in [0.5, 0.6) is 0 Å². The molecule has 0 bridgehead atoms. The zero-order chi connectivity index (χ0) is 13.4. The summed E-state index contributed by atoms with van der Waals surface area (Å²) in [4.78, 5) is 13.3. The van der Waals surface area contributed by atoms with Crippen LogP contribution in [0.3, 0.4) is 0 Å². The number of aromatic carboxylic acids is 1. The quantitative estimate of drug-likeness (QED) is 0.564. The van der Waals surface area contributed by atoms with Gasteiger partial charge in [-0.05, 0) is 18.6 Å². The largest absolute Gasteiger partial charge is 0.478 e. The van der Waals surface area contributed by atoms with Gasteiger partial charge in [0, 0.05) is 13.1 Å². The van der Waals surface area contributed by atoms with Crippen molar-refractivity contribution in [1.29, 1.82) is 0 Å². The first kappa shape index (κ1) is 14.3. The predicted molar refractivity (Wildman–Crippen MR) is 75.3 cm³/mol. The molecule has 0 heterocycles. The summed E-state index contributed by atoms with van der Waals surface area (Å²) in [6, 6.07) is 7.13. The van der Waals surface area contributed by atoms with Gasteiger partial charge >= 0.3 is 5.97 Å². The Kier molecular flexibility index (Phi) is 5.98. The van der Waals surface area contributed by atoms with E-state index in [4.69, 9.17) is 0 Å². The molecule has 0 aromatic heterocycles. The van der Waals surface area contributed by atoms with Crippen molar-refractivity contribution in [1.82, 2.24) is 0 Å². The molecule has 3 nitrogen and oxygen atoms in total. The molecule has 0 aliphatic heterocycles. The second-order valence-corrected chi connectivity index (χ2v) is 4.26. The second kappa shape index (κ2) is 7.54. The van der Waals surface area contributed by atoms with E-state index < -0.39 is 5.97 Å². The summed E-state index contributed by atoms with van der Waals surface area (Å²) >= 11 is 0. The fraction of sp³-hybridized carbons (Fsp3) is 0.400. The summed E-state index contributed by atoms with van der Waals surface area (Å²) in [7, 11) is 0. The molecule has 98 valence electrons. The molecule has 1 N–H and O–H groups in total. The molecule has 0 unspecified atom stereocenters. The first-order valence-electron chi connectivity index (χ1n) is 6.38. The first-order valence-corrected chi connectivity index (χ1v) is 6.38. The number of anilines is 1. The molecule has 1 aromatic rings. The third-order valence-electron chi connectivity index (χ3n) is 2.86. The van der Waals surface area contributed by atoms with Crippen LogP contribution >= 0.6 is 0 Å². The van der Waals surface area contributed by atoms with E-state index >= 15 is 0 Å². The zero-order valence-electron chi connectivity index (χ0n) is 10.9. The van der Waals surface area contributed by atoms with Crippen LogP contribution in [0, 0.1) is 0 Å². The lowest BCUT2D eigenvalue weighted by Gasteiger charge is -2.24. The highest BCUT2D eigenvalue weighted by atomic mass is 16.4. The second-order valence-electron chi connectivity index (χ2n) is 4.26. The van der Waals surface area contributed by atoms with Crippen LogP contribution in [-0.2, 0) is 0 Å². The molecule has 1 rings (SSSR count). The van der Waals surface area contributed by atoms with Crippen molar-refractivity contribution in [2.45, 2.75) is 26.2 Å². The van der Waals surface area contributed by atoms with Gasteiger partial charge in [0.15, 0.2) is 0 Å². The number of para-hydroxylation sites is 1. The number of carboxylic acid groups (broad SMARTS) is 1. The monoisotopic (exact) mass is 247 g/mol. The van der Waals surface area contributed by atoms with Gasteiger partial charge in [-0.3, -0.25) is 0 Å². The SMILES string of the molecule is C=CCN(CCCCC)c1ccccc1C(=O)O. The molecule has 0 saturated heterocycles. The standard InChI is InChI=1S/C15H21NO2/c1-3-5-8-12-16(11-4-2)14-10-7-6-9-13(14)15(17)18/h4,6-7,9-10H,2-3,5,8,11-12H2,1H3,(H,17,18). The fourth-order valence-corrected chi connectivity index (χ4v) is 1.95. The van der Waals surface area contributed by atoms with Crippen molar-refractivity contribution in [3.8, 4) is 0 Å². The van der Waals surface area contributed by atoms with Crippen molar-refractivity contribution in [3.63, 3.8) is 0 Å². The van der Waals surface area contributed by atoms with Gasteiger partial charge in [-0.15, -0.1) is 6.58 Å². The lowest BCUT2D eigenvalue weighted by Crippen LogP contribution is -2.26. The Balaban J connectivity index is 2.90. The molecular formula is C15H21NO2. The van der Waals surface area contributed by atoms with Crippen molar-refractivity contribution >= 4 is 11.7 Å². The van der Waals surface area contributed by atoms with E-state index in [1.807, 2.05) is 18.2 Å². The predicted octanol–water partition coefficient (Wildman–Crippen LogP) is 3.57. The van der Waals surface area contributed by atoms with Crippen LogP contribution in [0.1, 0.15) is 36.5 Å². The molecule has 0 aliphatic carbocycles. The molecule has 0 fully saturated rings. The highest BCUT2D eigenvalue weighted by Gasteiger charge is 2.13. The van der Waals surface area contributed by atoms with E-state index in [1.54, 1.807) is 12.1 Å². The molecule has 0 amide bonds. The van der Waals surface area contributed by atoms with Gasteiger partial charge < -0.3 is 10.0 Å². The molecule has 1 aromatic carbocycles. The number of hydrogen-bond acceptors (Lipinski definition) is 2. The molecule has 0 atom stereocenters. The maximum Gasteiger partial charge on any atom is 0.337 e. The number of unbranched alkanes of at least 4 members (excludes halogenated alkanes) is 2. The maximum absolute atomic E-state index is 11.2. The lowest BCUT2D eigenvalue weighted by molar-refractivity contribution is 0.0697. The van der Waals surface area contributed by atoms with Crippen LogP contribution in [0.2, 0.25) is 0 Å². The zero-order valence-corrected chi connectivity index (χ0v) is 10.9. The van der Waals surface area contributed by atoms with Crippen LogP contribution in [0.4, 0.5) is 5.69 Å². The van der Waals surface area contributed by atoms with Crippen molar-refractivity contribution in [3.05, 3.63) is 42.5 Å². The maximum atomic E-state index is 11.2. The first-order chi connectivity index (χ1) is 8.70. The Morgan fingerprint density at radius 2 is 2.11 bits per heavy atom. The summed E-state index contributed by atoms with van der Waals surface area (Å²) < 4.78 is 0. The van der Waals surface area contributed by atoms with Gasteiger partial charge in [0.05, 0.1) is 11.3 Å². The van der Waals surface area contributed by atoms with E-state index in [1.165, 1.54) is 0 Å². The van der Waals surface area contributed by atoms with E-state index in [2.05, 4.69) is 18.4 Å². The molecule has 0 saturated carbocycles. The highest BCUT2D eigenvalue weighted by Crippen LogP contribution is 2.21. The van der Waals surface area contributed by atoms with Crippen molar-refractivity contribution in [2.24, 2.45) is 0 Å². The number of carbonyl (C=O) groups is 1. The molecule has 0 spiro atoms. The number of nitrogens with zero attached hydrogens (tertiary/aromatic N) is 1. The molecule has 3 heteroatoms. The number of hydrogen-bond donors (Lipinski definition) is 1. The Bertz CT molecular complexity index is 401. The number of rotatable bonds is 8. The van der Waals surface area contributed by atoms with E-state index in [9.17, 15) is 9.90 Å². The number of benzene rings is 1. The van der Waals surface area contributed by atoms with E-state index in [0.29, 0.717) is 12.1 Å². The minimum Gasteiger partial charge on any atom is -0.478 e. The van der Waals surface area contributed by atoms with Crippen LogP contribution in [0.15, 0.2) is 36.9 Å². The Morgan fingerprint density at radius 1 is 1.39 bits per heavy atom. The van der Waals surface area contributed by atoms with Crippen molar-refractivity contribution < 1.29 is 9.90 Å². The Morgan fingerprint density at radius 3 is 2.72 bits per heavy atom. The smallest absolute Gasteiger partial charge is 0.337 e. The van der Waals surface area contributed by atoms with Gasteiger partial charge in [0.2, 0.25) is 0 Å². The number of carboxylic acids is 1. The van der Waals surface area contributed by atoms with Crippen LogP contribution in [-0.4, -0.2) is 24.2 Å². The summed E-state index contributed by atoms with van der Waals surface area (Å²) in [6.07, 6.45) is 5.19. The summed E-state index contributed by atoms with van der Waals surface area (Å²) in [5.74, 6) is -0.879. The van der Waals surface area contributed by atoms with Crippen LogP contribution in [0.25, 0.3) is 0 Å². The minimum atomic E-state index is -0.879. The fourth-order valence-electron chi connectivity index (χ4n) is 1.95. The molecular weight excluding hydrogens is 226 g/mol. The van der Waals surface area contributed by atoms with Gasteiger partial charge in [-0.1, -0.05) is 38.0 Å². The summed E-state index contributed by atoms with van der Waals surface area (Å²) in [5.41, 5.74) is 1.14. The Hall–Kier alpha value is -1.77. The van der Waals surface area contributed by atoms with Gasteiger partial charge in [-0.25, -0.2) is 4.79 Å². The normalized spacial score (nSPS) is 10.1. The molecule has 18 heavy (non-hydrogen) atoms. The summed E-state index contributed by atoms with van der Waals surface area (Å²) in [5, 5.41) is 9.20. The molecule has 0 radical (unpaired) electrons. The average Bonchev–Trinajstić information content (AvgIpc) is 2.38. The highest BCUT2D eigenvalue weighted by molar-refractivity contribution is 5.94. The molecule has 0 aliphatic rings. The van der Waals surface area contributed by atoms with Gasteiger partial charge in [0.25, 0.3) is 0 Å². The Labute approximate surface area is 109 Å². The van der Waals surface area contributed by atoms with E-state index in [-0.39, 0.29) is 0 Å². The summed E-state index contributed by atoms with van der Waals surface area (Å²) in [6.45, 7) is 7.44. The van der Waals surface area contributed by atoms with Crippen LogP contribution < -0.4 is 4.90 Å². The minimum absolute atomic E-state index is 0.357. The average molecular weight is 247 g/mol. The topological polar surface area (TPSA) is 40.5 Å². The van der Waals surface area contributed by atoms with Gasteiger partial charge in [-0.2, -0.15) is 0 Å². The third-order valence-corrected chi connectivity index (χ3v) is 2.86. The third kappa shape index (κ3) is 3.91. The van der Waals surface area contributed by atoms with Crippen molar-refractivity contribution in [2.75, 3.05) is 18.0 Å². The lowest BCUT2D eigenvalue weighted by atomic mass is 10.1. The van der Waals surface area contributed by atoms with Gasteiger partial charge in [0.1, 0.15) is 0 Å².